The van der Waals surface area contributed by atoms with Crippen molar-refractivity contribution in [3.8, 4) is 5.75 Å². The molecule has 1 heterocycles. The molecule has 0 fully saturated rings. The minimum Gasteiger partial charge on any atom is -0.495 e. The van der Waals surface area contributed by atoms with Gasteiger partial charge in [-0.3, -0.25) is 9.59 Å². The zero-order chi connectivity index (χ0) is 24.1. The number of aromatic nitrogens is 2. The Labute approximate surface area is 199 Å². The van der Waals surface area contributed by atoms with Crippen LogP contribution in [0.3, 0.4) is 0 Å². The molecule has 8 nitrogen and oxygen atoms in total. The number of carbonyl (C=O) groups is 2. The molecule has 172 valence electrons. The number of benzene rings is 3. The van der Waals surface area contributed by atoms with Crippen molar-refractivity contribution >= 4 is 39.9 Å². The van der Waals surface area contributed by atoms with Crippen LogP contribution in [0.15, 0.2) is 77.6 Å². The number of hydrogen-bond acceptors (Lipinski definition) is 6. The lowest BCUT2D eigenvalue weighted by Gasteiger charge is -2.12. The van der Waals surface area contributed by atoms with Crippen molar-refractivity contribution in [2.75, 3.05) is 19.0 Å². The number of carbonyl (C=O) groups excluding carboxylic acids is 2. The summed E-state index contributed by atoms with van der Waals surface area (Å²) in [5.74, 6) is -1.01. The van der Waals surface area contributed by atoms with Gasteiger partial charge in [0.1, 0.15) is 5.75 Å². The van der Waals surface area contributed by atoms with Crippen LogP contribution in [0, 0.1) is 0 Å². The maximum Gasteiger partial charge on any atom is 0.359 e. The van der Waals surface area contributed by atoms with E-state index in [4.69, 9.17) is 21.1 Å². The van der Waals surface area contributed by atoms with Gasteiger partial charge >= 0.3 is 5.97 Å². The number of amides is 1. The van der Waals surface area contributed by atoms with Gasteiger partial charge in [-0.15, -0.1) is 0 Å². The smallest absolute Gasteiger partial charge is 0.359 e. The maximum atomic E-state index is 12.9. The Balaban J connectivity index is 1.56. The minimum atomic E-state index is -0.828. The molecule has 0 radical (unpaired) electrons. The number of nitrogens with one attached hydrogen (secondary N) is 1. The Morgan fingerprint density at radius 3 is 2.44 bits per heavy atom. The van der Waals surface area contributed by atoms with Crippen LogP contribution in [0.1, 0.15) is 16.1 Å². The summed E-state index contributed by atoms with van der Waals surface area (Å²) in [5.41, 5.74) is 0.804. The highest BCUT2D eigenvalue weighted by atomic mass is 35.5. The van der Waals surface area contributed by atoms with Crippen molar-refractivity contribution in [3.63, 3.8) is 0 Å². The number of nitrogens with zero attached hydrogens (tertiary/aromatic N) is 2. The Morgan fingerprint density at radius 2 is 1.71 bits per heavy atom. The lowest BCUT2D eigenvalue weighted by atomic mass is 10.1. The molecule has 1 amide bonds. The van der Waals surface area contributed by atoms with Crippen molar-refractivity contribution < 1.29 is 19.1 Å². The molecule has 0 saturated carbocycles. The average Bonchev–Trinajstić information content (AvgIpc) is 2.85. The van der Waals surface area contributed by atoms with E-state index in [1.54, 1.807) is 36.4 Å². The molecule has 0 atom stereocenters. The molecule has 1 N–H and O–H groups in total. The van der Waals surface area contributed by atoms with Crippen molar-refractivity contribution in [1.29, 1.82) is 0 Å². The van der Waals surface area contributed by atoms with Gasteiger partial charge in [-0.1, -0.05) is 60.1 Å². The van der Waals surface area contributed by atoms with Crippen LogP contribution in [-0.2, 0) is 16.1 Å². The third kappa shape index (κ3) is 5.07. The summed E-state index contributed by atoms with van der Waals surface area (Å²) in [4.78, 5) is 38.2. The van der Waals surface area contributed by atoms with Crippen LogP contribution in [0.25, 0.3) is 10.8 Å². The van der Waals surface area contributed by atoms with E-state index >= 15 is 0 Å². The van der Waals surface area contributed by atoms with Gasteiger partial charge in [-0.25, -0.2) is 9.48 Å². The van der Waals surface area contributed by atoms with Crippen LogP contribution in [0.5, 0.6) is 5.75 Å². The van der Waals surface area contributed by atoms with Gasteiger partial charge in [0.05, 0.1) is 24.7 Å². The summed E-state index contributed by atoms with van der Waals surface area (Å²) in [6.45, 7) is -0.387. The SMILES string of the molecule is COc1ccc(Cl)cc1NC(=O)COC(=O)c1nn(Cc2ccccc2)c(=O)c2ccccc12. The number of anilines is 1. The molecule has 0 aliphatic carbocycles. The molecule has 0 aliphatic heterocycles. The van der Waals surface area contributed by atoms with Gasteiger partial charge < -0.3 is 14.8 Å². The number of esters is 1. The number of hydrogen-bond donors (Lipinski definition) is 1. The molecule has 3 aromatic carbocycles. The molecule has 9 heteroatoms. The van der Waals surface area contributed by atoms with Crippen molar-refractivity contribution in [2.45, 2.75) is 6.54 Å². The first-order chi connectivity index (χ1) is 16.5. The largest absolute Gasteiger partial charge is 0.495 e. The first-order valence-corrected chi connectivity index (χ1v) is 10.7. The first-order valence-electron chi connectivity index (χ1n) is 10.3. The molecule has 4 aromatic rings. The summed E-state index contributed by atoms with van der Waals surface area (Å²) >= 11 is 5.98. The molecular formula is C25H20ClN3O5. The van der Waals surface area contributed by atoms with Crippen LogP contribution in [0.2, 0.25) is 5.02 Å². The van der Waals surface area contributed by atoms with E-state index in [1.165, 1.54) is 17.9 Å². The fourth-order valence-electron chi connectivity index (χ4n) is 3.41. The van der Waals surface area contributed by atoms with Crippen molar-refractivity contribution in [3.05, 3.63) is 99.4 Å². The molecule has 0 unspecified atom stereocenters. The van der Waals surface area contributed by atoms with E-state index in [-0.39, 0.29) is 17.8 Å². The zero-order valence-corrected chi connectivity index (χ0v) is 18.9. The van der Waals surface area contributed by atoms with Gasteiger partial charge in [0.2, 0.25) is 0 Å². The lowest BCUT2D eigenvalue weighted by Crippen LogP contribution is -2.28. The van der Waals surface area contributed by atoms with E-state index in [0.717, 1.165) is 5.56 Å². The maximum absolute atomic E-state index is 12.9. The standard InChI is InChI=1S/C25H20ClN3O5/c1-33-21-12-11-17(26)13-20(21)27-22(30)15-34-25(32)23-18-9-5-6-10-19(18)24(31)29(28-23)14-16-7-3-2-4-8-16/h2-13H,14-15H2,1H3,(H,27,30). The van der Waals surface area contributed by atoms with E-state index in [9.17, 15) is 14.4 Å². The number of rotatable bonds is 7. The van der Waals surface area contributed by atoms with Crippen LogP contribution >= 0.6 is 11.6 Å². The monoisotopic (exact) mass is 477 g/mol. The molecule has 0 saturated heterocycles. The third-order valence-corrected chi connectivity index (χ3v) is 5.24. The quantitative estimate of drug-likeness (QED) is 0.405. The molecule has 4 rings (SSSR count). The first kappa shape index (κ1) is 23.0. The predicted molar refractivity (Wildman–Crippen MR) is 128 cm³/mol. The summed E-state index contributed by atoms with van der Waals surface area (Å²) in [5, 5.41) is 7.94. The number of halogens is 1. The highest BCUT2D eigenvalue weighted by Crippen LogP contribution is 2.27. The van der Waals surface area contributed by atoms with Crippen LogP contribution in [0.4, 0.5) is 5.69 Å². The Hall–Kier alpha value is -4.17. The van der Waals surface area contributed by atoms with E-state index in [2.05, 4.69) is 10.4 Å². The number of methoxy groups -OCH3 is 1. The second-order valence-corrected chi connectivity index (χ2v) is 7.75. The molecular weight excluding hydrogens is 458 g/mol. The minimum absolute atomic E-state index is 0.0562. The Morgan fingerprint density at radius 1 is 1.00 bits per heavy atom. The zero-order valence-electron chi connectivity index (χ0n) is 18.2. The lowest BCUT2D eigenvalue weighted by molar-refractivity contribution is -0.119. The van der Waals surface area contributed by atoms with Gasteiger partial charge in [0.15, 0.2) is 12.3 Å². The van der Waals surface area contributed by atoms with Gasteiger partial charge in [0.25, 0.3) is 11.5 Å². The summed E-state index contributed by atoms with van der Waals surface area (Å²) < 4.78 is 11.6. The Bertz CT molecular complexity index is 1420. The normalized spacial score (nSPS) is 10.6. The highest BCUT2D eigenvalue weighted by Gasteiger charge is 2.19. The van der Waals surface area contributed by atoms with E-state index < -0.39 is 18.5 Å². The second-order valence-electron chi connectivity index (χ2n) is 7.31. The van der Waals surface area contributed by atoms with Crippen LogP contribution in [-0.4, -0.2) is 35.4 Å². The predicted octanol–water partition coefficient (Wildman–Crippen LogP) is 3.90. The van der Waals surface area contributed by atoms with Crippen molar-refractivity contribution in [2.24, 2.45) is 0 Å². The van der Waals surface area contributed by atoms with Crippen molar-refractivity contribution in [1.82, 2.24) is 9.78 Å². The van der Waals surface area contributed by atoms with Gasteiger partial charge in [0, 0.05) is 10.4 Å². The van der Waals surface area contributed by atoms with E-state index in [1.807, 2.05) is 30.3 Å². The summed E-state index contributed by atoms with van der Waals surface area (Å²) in [6.07, 6.45) is 0. The summed E-state index contributed by atoms with van der Waals surface area (Å²) in [7, 11) is 1.46. The fraction of sp³-hybridized carbons (Fsp3) is 0.120. The average molecular weight is 478 g/mol. The van der Waals surface area contributed by atoms with Gasteiger partial charge in [-0.2, -0.15) is 5.10 Å². The number of ether oxygens (including phenoxy) is 2. The third-order valence-electron chi connectivity index (χ3n) is 5.01. The number of fused-ring (bicyclic) bond motifs is 1. The van der Waals surface area contributed by atoms with Gasteiger partial charge in [-0.05, 0) is 29.8 Å². The van der Waals surface area contributed by atoms with Crippen LogP contribution < -0.4 is 15.6 Å². The molecule has 1 aromatic heterocycles. The summed E-state index contributed by atoms with van der Waals surface area (Å²) in [6, 6.07) is 20.7. The molecule has 0 bridgehead atoms. The van der Waals surface area contributed by atoms with E-state index in [0.29, 0.717) is 27.2 Å². The molecule has 0 aliphatic rings. The fourth-order valence-corrected chi connectivity index (χ4v) is 3.59. The second kappa shape index (κ2) is 10.2. The molecule has 0 spiro atoms. The highest BCUT2D eigenvalue weighted by molar-refractivity contribution is 6.31. The Kier molecular flexibility index (Phi) is 6.89. The molecule has 34 heavy (non-hydrogen) atoms. The topological polar surface area (TPSA) is 99.5 Å².